The lowest BCUT2D eigenvalue weighted by Crippen LogP contribution is -2.40. The fraction of sp³-hybridized carbons (Fsp3) is 0.722. The van der Waals surface area contributed by atoms with Crippen LogP contribution in [0.3, 0.4) is 0 Å². The summed E-state index contributed by atoms with van der Waals surface area (Å²) in [6.07, 6.45) is 1.78. The number of amides is 1. The van der Waals surface area contributed by atoms with E-state index in [-0.39, 0.29) is 29.5 Å². The Morgan fingerprint density at radius 1 is 1.38 bits per heavy atom. The number of carbonyl (C=O) groups excluding carboxylic acids is 1. The molecule has 2 aliphatic rings. The van der Waals surface area contributed by atoms with Crippen LogP contribution in [-0.2, 0) is 16.1 Å². The van der Waals surface area contributed by atoms with Crippen molar-refractivity contribution in [3.05, 3.63) is 22.1 Å². The summed E-state index contributed by atoms with van der Waals surface area (Å²) in [6, 6.07) is 1.82. The lowest BCUT2D eigenvalue weighted by molar-refractivity contribution is -0.136. The minimum absolute atomic E-state index is 0.00365. The van der Waals surface area contributed by atoms with Gasteiger partial charge in [0, 0.05) is 52.4 Å². The number of hydrogen-bond donors (Lipinski definition) is 1. The number of nitrogens with one attached hydrogen (secondary N) is 1. The molecule has 1 aromatic rings. The molecule has 3 heterocycles. The number of aromatic amines is 1. The minimum Gasteiger partial charge on any atom is -0.378 e. The third-order valence-electron chi connectivity index (χ3n) is 5.41. The van der Waals surface area contributed by atoms with Crippen molar-refractivity contribution < 1.29 is 9.53 Å². The quantitative estimate of drug-likeness (QED) is 0.810. The predicted octanol–water partition coefficient (Wildman–Crippen LogP) is 0.294. The van der Waals surface area contributed by atoms with E-state index in [9.17, 15) is 9.59 Å². The molecule has 8 heteroatoms. The maximum absolute atomic E-state index is 12.7. The van der Waals surface area contributed by atoms with E-state index in [0.29, 0.717) is 19.1 Å². The van der Waals surface area contributed by atoms with Crippen molar-refractivity contribution in [1.29, 1.82) is 0 Å². The maximum atomic E-state index is 12.7. The van der Waals surface area contributed by atoms with Crippen molar-refractivity contribution in [3.63, 3.8) is 0 Å². The van der Waals surface area contributed by atoms with Gasteiger partial charge in [0.1, 0.15) is 0 Å². The van der Waals surface area contributed by atoms with Gasteiger partial charge in [0.15, 0.2) is 0 Å². The molecule has 0 aromatic carbocycles. The Balaban J connectivity index is 1.60. The van der Waals surface area contributed by atoms with E-state index in [4.69, 9.17) is 4.74 Å². The molecule has 0 spiro atoms. The van der Waals surface area contributed by atoms with Gasteiger partial charge < -0.3 is 14.5 Å². The number of rotatable bonds is 5. The molecule has 3 rings (SSSR count). The molecule has 1 N–H and O–H groups in total. The Labute approximate surface area is 154 Å². The van der Waals surface area contributed by atoms with E-state index in [1.54, 1.807) is 11.0 Å². The topological polar surface area (TPSA) is 81.8 Å². The fourth-order valence-corrected chi connectivity index (χ4v) is 3.76. The van der Waals surface area contributed by atoms with Gasteiger partial charge in [-0.3, -0.25) is 19.5 Å². The van der Waals surface area contributed by atoms with Crippen molar-refractivity contribution in [2.45, 2.75) is 38.5 Å². The highest BCUT2D eigenvalue weighted by atomic mass is 16.5. The fourth-order valence-electron chi connectivity index (χ4n) is 3.76. The van der Waals surface area contributed by atoms with Crippen LogP contribution in [0.4, 0.5) is 5.95 Å². The largest absolute Gasteiger partial charge is 0.378 e. The molecule has 0 saturated carbocycles. The minimum atomic E-state index is -0.148. The third kappa shape index (κ3) is 4.07. The highest BCUT2D eigenvalue weighted by molar-refractivity contribution is 5.80. The van der Waals surface area contributed by atoms with Crippen LogP contribution in [-0.4, -0.2) is 78.7 Å². The van der Waals surface area contributed by atoms with Crippen LogP contribution in [0.25, 0.3) is 0 Å². The van der Waals surface area contributed by atoms with E-state index < -0.39 is 0 Å². The molecule has 2 fully saturated rings. The third-order valence-corrected chi connectivity index (χ3v) is 5.41. The van der Waals surface area contributed by atoms with Gasteiger partial charge in [0.05, 0.1) is 17.7 Å². The maximum Gasteiger partial charge on any atom is 0.252 e. The van der Waals surface area contributed by atoms with Gasteiger partial charge in [0.25, 0.3) is 5.56 Å². The molecule has 0 radical (unpaired) electrons. The molecule has 3 atom stereocenters. The second kappa shape index (κ2) is 7.75. The Morgan fingerprint density at radius 2 is 2.15 bits per heavy atom. The molecule has 0 bridgehead atoms. The standard InChI is InChI=1S/C18H29N5O3/c1-12-15(6-8-26-12)17(25)23-7-5-14(11-23)22(4)10-13-9-16(24)20-18(19-13)21(2)3/h9,12,14-15H,5-8,10-11H2,1-4H3,(H,19,20,24)/t12-,14+,15-/m0/s1. The molecular weight excluding hydrogens is 334 g/mol. The Kier molecular flexibility index (Phi) is 5.62. The first-order valence-electron chi connectivity index (χ1n) is 9.23. The lowest BCUT2D eigenvalue weighted by atomic mass is 10.0. The van der Waals surface area contributed by atoms with Gasteiger partial charge in [-0.25, -0.2) is 4.98 Å². The summed E-state index contributed by atoms with van der Waals surface area (Å²) in [6.45, 7) is 4.75. The summed E-state index contributed by atoms with van der Waals surface area (Å²) in [5, 5.41) is 0. The molecule has 26 heavy (non-hydrogen) atoms. The van der Waals surface area contributed by atoms with Gasteiger partial charge >= 0.3 is 0 Å². The first-order chi connectivity index (χ1) is 12.3. The number of carbonyl (C=O) groups is 1. The number of hydrogen-bond acceptors (Lipinski definition) is 6. The normalized spacial score (nSPS) is 25.9. The molecule has 1 amide bonds. The number of ether oxygens (including phenoxy) is 1. The Hall–Kier alpha value is -1.93. The van der Waals surface area contributed by atoms with Crippen LogP contribution >= 0.6 is 0 Å². The average molecular weight is 363 g/mol. The summed E-state index contributed by atoms with van der Waals surface area (Å²) in [4.78, 5) is 37.7. The van der Waals surface area contributed by atoms with Crippen molar-refractivity contribution >= 4 is 11.9 Å². The number of likely N-dealkylation sites (tertiary alicyclic amines) is 1. The highest BCUT2D eigenvalue weighted by Crippen LogP contribution is 2.26. The van der Waals surface area contributed by atoms with Crippen molar-refractivity contribution in [2.24, 2.45) is 5.92 Å². The van der Waals surface area contributed by atoms with Crippen molar-refractivity contribution in [1.82, 2.24) is 19.8 Å². The lowest BCUT2D eigenvalue weighted by Gasteiger charge is -2.26. The van der Waals surface area contributed by atoms with E-state index in [1.807, 2.05) is 33.0 Å². The van der Waals surface area contributed by atoms with Crippen molar-refractivity contribution in [2.75, 3.05) is 45.7 Å². The van der Waals surface area contributed by atoms with Crippen LogP contribution in [0.15, 0.2) is 10.9 Å². The van der Waals surface area contributed by atoms with Gasteiger partial charge in [-0.05, 0) is 26.8 Å². The molecule has 2 saturated heterocycles. The SMILES string of the molecule is C[C@@H]1OCC[C@@H]1C(=O)N1CC[C@@H](N(C)Cc2cc(=O)[nH]c(N(C)C)n2)C1. The number of likely N-dealkylation sites (N-methyl/N-ethyl adjacent to an activating group) is 1. The Bertz CT molecular complexity index is 704. The van der Waals surface area contributed by atoms with Crippen molar-refractivity contribution in [3.8, 4) is 0 Å². The second-order valence-corrected chi connectivity index (χ2v) is 7.57. The zero-order chi connectivity index (χ0) is 18.8. The van der Waals surface area contributed by atoms with Crippen LogP contribution in [0.2, 0.25) is 0 Å². The molecule has 0 unspecified atom stereocenters. The van der Waals surface area contributed by atoms with Gasteiger partial charge in [0.2, 0.25) is 11.9 Å². The smallest absolute Gasteiger partial charge is 0.252 e. The molecule has 0 aliphatic carbocycles. The monoisotopic (exact) mass is 363 g/mol. The molecular formula is C18H29N5O3. The summed E-state index contributed by atoms with van der Waals surface area (Å²) in [7, 11) is 5.72. The molecule has 1 aromatic heterocycles. The summed E-state index contributed by atoms with van der Waals surface area (Å²) < 4.78 is 5.54. The first kappa shape index (κ1) is 18.8. The second-order valence-electron chi connectivity index (χ2n) is 7.57. The number of H-pyrrole nitrogens is 1. The van der Waals surface area contributed by atoms with Crippen LogP contribution in [0.5, 0.6) is 0 Å². The van der Waals surface area contributed by atoms with E-state index in [1.165, 1.54) is 0 Å². The zero-order valence-corrected chi connectivity index (χ0v) is 16.1. The highest BCUT2D eigenvalue weighted by Gasteiger charge is 2.37. The molecule has 144 valence electrons. The van der Waals surface area contributed by atoms with Crippen LogP contribution in [0.1, 0.15) is 25.5 Å². The van der Waals surface area contributed by atoms with Gasteiger partial charge in [-0.1, -0.05) is 0 Å². The number of aromatic nitrogens is 2. The average Bonchev–Trinajstić information content (AvgIpc) is 3.22. The number of anilines is 1. The number of nitrogens with zero attached hydrogens (tertiary/aromatic N) is 4. The summed E-state index contributed by atoms with van der Waals surface area (Å²) >= 11 is 0. The summed E-state index contributed by atoms with van der Waals surface area (Å²) in [5.41, 5.74) is 0.591. The van der Waals surface area contributed by atoms with E-state index >= 15 is 0 Å². The predicted molar refractivity (Wildman–Crippen MR) is 99.2 cm³/mol. The van der Waals surface area contributed by atoms with Crippen LogP contribution in [0, 0.1) is 5.92 Å². The van der Waals surface area contributed by atoms with E-state index in [0.717, 1.165) is 31.6 Å². The summed E-state index contributed by atoms with van der Waals surface area (Å²) in [5.74, 6) is 0.769. The molecule has 8 nitrogen and oxygen atoms in total. The zero-order valence-electron chi connectivity index (χ0n) is 16.1. The Morgan fingerprint density at radius 3 is 2.81 bits per heavy atom. The van der Waals surface area contributed by atoms with E-state index in [2.05, 4.69) is 14.9 Å². The van der Waals surface area contributed by atoms with Crippen LogP contribution < -0.4 is 10.5 Å². The van der Waals surface area contributed by atoms with Gasteiger partial charge in [-0.2, -0.15) is 0 Å². The first-order valence-corrected chi connectivity index (χ1v) is 9.23. The van der Waals surface area contributed by atoms with Gasteiger partial charge in [-0.15, -0.1) is 0 Å². The molecule has 2 aliphatic heterocycles.